The van der Waals surface area contributed by atoms with Crippen LogP contribution in [0.5, 0.6) is 5.75 Å². The number of hydrogen-bond acceptors (Lipinski definition) is 6. The monoisotopic (exact) mass is 451 g/mol. The van der Waals surface area contributed by atoms with Crippen molar-refractivity contribution in [3.05, 3.63) is 88.4 Å². The number of para-hydroxylation sites is 2. The van der Waals surface area contributed by atoms with Gasteiger partial charge < -0.3 is 9.15 Å². The Kier molecular flexibility index (Phi) is 6.54. The predicted octanol–water partition coefficient (Wildman–Crippen LogP) is 5.55. The van der Waals surface area contributed by atoms with Crippen LogP contribution in [0.4, 0.5) is 0 Å². The highest BCUT2D eigenvalue weighted by molar-refractivity contribution is 7.98. The molecule has 0 saturated heterocycles. The van der Waals surface area contributed by atoms with E-state index in [-0.39, 0.29) is 5.91 Å². The Hall–Kier alpha value is -3.29. The maximum Gasteiger partial charge on any atom is 0.271 e. The molecule has 0 saturated carbocycles. The number of hydrogen-bond donors (Lipinski definition) is 1. The zero-order valence-electron chi connectivity index (χ0n) is 16.5. The summed E-state index contributed by atoms with van der Waals surface area (Å²) in [4.78, 5) is 16.6. The van der Waals surface area contributed by atoms with Gasteiger partial charge in [0.25, 0.3) is 11.1 Å². The van der Waals surface area contributed by atoms with E-state index in [2.05, 4.69) is 15.5 Å². The number of fused-ring (bicyclic) bond motifs is 1. The minimum absolute atomic E-state index is 0.334. The maximum atomic E-state index is 12.2. The topological polar surface area (TPSA) is 76.7 Å². The molecule has 8 heteroatoms. The van der Waals surface area contributed by atoms with Crippen LogP contribution in [0, 0.1) is 0 Å². The molecule has 156 valence electrons. The predicted molar refractivity (Wildman–Crippen MR) is 123 cm³/mol. The highest BCUT2D eigenvalue weighted by atomic mass is 35.5. The molecular formula is C23H18ClN3O3S. The van der Waals surface area contributed by atoms with Crippen molar-refractivity contribution in [3.8, 4) is 5.75 Å². The Bertz CT molecular complexity index is 1220. The second-order valence-electron chi connectivity index (χ2n) is 6.52. The number of nitrogens with one attached hydrogen (secondary N) is 1. The van der Waals surface area contributed by atoms with E-state index in [1.807, 2.05) is 42.5 Å². The van der Waals surface area contributed by atoms with Crippen molar-refractivity contribution in [1.82, 2.24) is 10.4 Å². The van der Waals surface area contributed by atoms with Gasteiger partial charge in [-0.1, -0.05) is 41.6 Å². The minimum Gasteiger partial charge on any atom is -0.496 e. The van der Waals surface area contributed by atoms with Gasteiger partial charge in [0.1, 0.15) is 11.3 Å². The first-order chi connectivity index (χ1) is 15.1. The van der Waals surface area contributed by atoms with Crippen LogP contribution in [0.15, 0.2) is 81.5 Å². The summed E-state index contributed by atoms with van der Waals surface area (Å²) in [6.45, 7) is 0. The summed E-state index contributed by atoms with van der Waals surface area (Å²) in [5, 5.41) is 5.13. The second-order valence-corrected chi connectivity index (χ2v) is 7.88. The number of oxazole rings is 1. The Morgan fingerprint density at radius 3 is 2.87 bits per heavy atom. The van der Waals surface area contributed by atoms with Crippen molar-refractivity contribution >= 4 is 46.6 Å². The Balaban J connectivity index is 1.44. The van der Waals surface area contributed by atoms with Gasteiger partial charge in [-0.3, -0.25) is 4.79 Å². The second kappa shape index (κ2) is 9.68. The number of amides is 1. The van der Waals surface area contributed by atoms with Crippen LogP contribution in [0.25, 0.3) is 11.1 Å². The average Bonchev–Trinajstić information content (AvgIpc) is 3.21. The maximum absolute atomic E-state index is 12.2. The van der Waals surface area contributed by atoms with E-state index in [4.69, 9.17) is 20.8 Å². The van der Waals surface area contributed by atoms with Gasteiger partial charge in [-0.25, -0.2) is 10.4 Å². The van der Waals surface area contributed by atoms with Crippen LogP contribution in [-0.2, 0) is 5.75 Å². The molecule has 4 aromatic rings. The molecule has 0 unspecified atom stereocenters. The van der Waals surface area contributed by atoms with Gasteiger partial charge in [0.15, 0.2) is 5.58 Å². The molecule has 0 aliphatic heterocycles. The van der Waals surface area contributed by atoms with Gasteiger partial charge in [0.05, 0.1) is 13.3 Å². The van der Waals surface area contributed by atoms with Gasteiger partial charge in [-0.05, 0) is 54.1 Å². The first-order valence-electron chi connectivity index (χ1n) is 9.36. The van der Waals surface area contributed by atoms with Crippen molar-refractivity contribution in [2.45, 2.75) is 11.0 Å². The first kappa shape index (κ1) is 21.0. The van der Waals surface area contributed by atoms with Crippen LogP contribution < -0.4 is 10.2 Å². The third-order valence-corrected chi connectivity index (χ3v) is 5.51. The third-order valence-electron chi connectivity index (χ3n) is 4.40. The van der Waals surface area contributed by atoms with Gasteiger partial charge in [0, 0.05) is 21.9 Å². The van der Waals surface area contributed by atoms with E-state index in [0.717, 1.165) is 28.0 Å². The largest absolute Gasteiger partial charge is 0.496 e. The molecule has 0 spiro atoms. The van der Waals surface area contributed by atoms with Gasteiger partial charge >= 0.3 is 0 Å². The van der Waals surface area contributed by atoms with Crippen LogP contribution in [0.2, 0.25) is 5.02 Å². The molecule has 1 aromatic heterocycles. The molecule has 0 atom stereocenters. The van der Waals surface area contributed by atoms with Crippen LogP contribution in [0.3, 0.4) is 0 Å². The Morgan fingerprint density at radius 2 is 2.06 bits per heavy atom. The molecule has 0 aliphatic rings. The van der Waals surface area contributed by atoms with E-state index in [9.17, 15) is 4.79 Å². The summed E-state index contributed by atoms with van der Waals surface area (Å²) in [6.07, 6.45) is 1.58. The van der Waals surface area contributed by atoms with Gasteiger partial charge in [0.2, 0.25) is 0 Å². The lowest BCUT2D eigenvalue weighted by molar-refractivity contribution is 0.0955. The van der Waals surface area contributed by atoms with Crippen molar-refractivity contribution in [3.63, 3.8) is 0 Å². The van der Waals surface area contributed by atoms with E-state index in [1.54, 1.807) is 37.6 Å². The van der Waals surface area contributed by atoms with Crippen LogP contribution in [-0.4, -0.2) is 24.2 Å². The minimum atomic E-state index is -0.334. The number of benzene rings is 3. The molecule has 1 amide bonds. The van der Waals surface area contributed by atoms with Gasteiger partial charge in [-0.15, -0.1) is 0 Å². The molecule has 0 fully saturated rings. The number of hydrazone groups is 1. The lowest BCUT2D eigenvalue weighted by Crippen LogP contribution is -2.17. The summed E-state index contributed by atoms with van der Waals surface area (Å²) >= 11 is 7.40. The lowest BCUT2D eigenvalue weighted by Gasteiger charge is -2.08. The number of carbonyl (C=O) groups excluding carboxylic acids is 1. The SMILES string of the molecule is COc1ccc(/C=N/NC(=O)c2cccc(Cl)c2)cc1CSc1nc2ccccc2o1. The highest BCUT2D eigenvalue weighted by Gasteiger charge is 2.10. The number of aromatic nitrogens is 1. The quantitative estimate of drug-likeness (QED) is 0.226. The number of halogens is 1. The fraction of sp³-hybridized carbons (Fsp3) is 0.0870. The lowest BCUT2D eigenvalue weighted by atomic mass is 10.1. The van der Waals surface area contributed by atoms with Crippen LogP contribution >= 0.6 is 23.4 Å². The molecule has 6 nitrogen and oxygen atoms in total. The summed E-state index contributed by atoms with van der Waals surface area (Å²) in [5.74, 6) is 1.02. The van der Waals surface area contributed by atoms with Crippen molar-refractivity contribution < 1.29 is 13.9 Å². The summed E-state index contributed by atoms with van der Waals surface area (Å²) in [5.41, 5.74) is 6.31. The number of carbonyl (C=O) groups is 1. The molecule has 0 radical (unpaired) electrons. The Labute approximate surface area is 188 Å². The fourth-order valence-electron chi connectivity index (χ4n) is 2.90. The van der Waals surface area contributed by atoms with Crippen LogP contribution in [0.1, 0.15) is 21.5 Å². The van der Waals surface area contributed by atoms with E-state index in [0.29, 0.717) is 21.6 Å². The fourth-order valence-corrected chi connectivity index (χ4v) is 3.91. The molecule has 1 N–H and O–H groups in total. The molecule has 31 heavy (non-hydrogen) atoms. The molecule has 1 heterocycles. The van der Waals surface area contributed by atoms with E-state index in [1.165, 1.54) is 11.8 Å². The summed E-state index contributed by atoms with van der Waals surface area (Å²) in [6, 6.07) is 20.0. The normalized spacial score (nSPS) is 11.2. The average molecular weight is 452 g/mol. The first-order valence-corrected chi connectivity index (χ1v) is 10.7. The number of thioether (sulfide) groups is 1. The van der Waals surface area contributed by atoms with E-state index >= 15 is 0 Å². The van der Waals surface area contributed by atoms with Crippen molar-refractivity contribution in [1.29, 1.82) is 0 Å². The number of ether oxygens (including phenoxy) is 1. The van der Waals surface area contributed by atoms with Crippen molar-refractivity contribution in [2.24, 2.45) is 5.10 Å². The molecule has 0 bridgehead atoms. The summed E-state index contributed by atoms with van der Waals surface area (Å²) < 4.78 is 11.2. The molecule has 4 rings (SSSR count). The third kappa shape index (κ3) is 5.25. The number of nitrogens with zero attached hydrogens (tertiary/aromatic N) is 2. The standard InChI is InChI=1S/C23H18ClN3O3S/c1-29-20-10-9-15(13-25-27-22(28)16-5-4-6-18(24)12-16)11-17(20)14-31-23-26-19-7-2-3-8-21(19)30-23/h2-13H,14H2,1H3,(H,27,28)/b25-13+. The molecule has 3 aromatic carbocycles. The number of methoxy groups -OCH3 is 1. The summed E-state index contributed by atoms with van der Waals surface area (Å²) in [7, 11) is 1.63. The number of rotatable bonds is 7. The zero-order valence-corrected chi connectivity index (χ0v) is 18.1. The molecule has 0 aliphatic carbocycles. The smallest absolute Gasteiger partial charge is 0.271 e. The van der Waals surface area contributed by atoms with E-state index < -0.39 is 0 Å². The zero-order chi connectivity index (χ0) is 21.6. The Morgan fingerprint density at radius 1 is 1.19 bits per heavy atom. The molecular weight excluding hydrogens is 434 g/mol. The van der Waals surface area contributed by atoms with Crippen molar-refractivity contribution in [2.75, 3.05) is 7.11 Å². The van der Waals surface area contributed by atoms with Gasteiger partial charge in [-0.2, -0.15) is 5.10 Å². The highest BCUT2D eigenvalue weighted by Crippen LogP contribution is 2.30.